The van der Waals surface area contributed by atoms with Crippen LogP contribution in [0, 0.1) is 6.92 Å². The van der Waals surface area contributed by atoms with E-state index in [1.54, 1.807) is 12.1 Å². The Morgan fingerprint density at radius 2 is 1.79 bits per heavy atom. The van der Waals surface area contributed by atoms with E-state index in [0.717, 1.165) is 32.7 Å². The Hall–Kier alpha value is -2.33. The molecule has 2 aromatic rings. The summed E-state index contributed by atoms with van der Waals surface area (Å²) in [6, 6.07) is 15.9. The highest BCUT2D eigenvalue weighted by molar-refractivity contribution is 5.96. The number of nitrogens with zero attached hydrogens (tertiary/aromatic N) is 2. The van der Waals surface area contributed by atoms with Crippen LogP contribution in [0.15, 0.2) is 48.5 Å². The number of piperazine rings is 1. The largest absolute Gasteiger partial charge is 0.399 e. The second-order valence-electron chi connectivity index (χ2n) is 6.47. The maximum atomic E-state index is 12.3. The number of benzene rings is 2. The molecule has 0 aromatic heterocycles. The fraction of sp³-hybridized carbons (Fsp3) is 0.350. The molecule has 0 aliphatic carbocycles. The first kappa shape index (κ1) is 16.5. The van der Waals surface area contributed by atoms with Crippen LogP contribution in [-0.4, -0.2) is 43.4 Å². The molecular weight excluding hydrogens is 298 g/mol. The van der Waals surface area contributed by atoms with E-state index in [4.69, 9.17) is 5.73 Å². The quantitative estimate of drug-likeness (QED) is 0.679. The Morgan fingerprint density at radius 1 is 1.04 bits per heavy atom. The SMILES string of the molecule is Cc1cccc(N2CCN(CCC(=O)c3cccc(N)c3)CC2)c1. The van der Waals surface area contributed by atoms with Gasteiger partial charge >= 0.3 is 0 Å². The number of carbonyl (C=O) groups excluding carboxylic acids is 1. The molecule has 0 spiro atoms. The summed E-state index contributed by atoms with van der Waals surface area (Å²) in [7, 11) is 0. The second-order valence-corrected chi connectivity index (χ2v) is 6.47. The van der Waals surface area contributed by atoms with E-state index in [1.165, 1.54) is 11.3 Å². The van der Waals surface area contributed by atoms with Gasteiger partial charge in [-0.3, -0.25) is 9.69 Å². The smallest absolute Gasteiger partial charge is 0.164 e. The summed E-state index contributed by atoms with van der Waals surface area (Å²) in [5, 5.41) is 0. The topological polar surface area (TPSA) is 49.6 Å². The number of nitrogens with two attached hydrogens (primary N) is 1. The summed E-state index contributed by atoms with van der Waals surface area (Å²) in [5.74, 6) is 0.170. The maximum Gasteiger partial charge on any atom is 0.164 e. The standard InChI is InChI=1S/C20H25N3O/c1-16-4-2-7-19(14-16)23-12-10-22(11-13-23)9-8-20(24)17-5-3-6-18(21)15-17/h2-7,14-15H,8-13,21H2,1H3. The minimum absolute atomic E-state index is 0.170. The number of anilines is 2. The monoisotopic (exact) mass is 323 g/mol. The molecule has 0 amide bonds. The molecule has 1 aliphatic heterocycles. The second kappa shape index (κ2) is 7.49. The van der Waals surface area contributed by atoms with Crippen molar-refractivity contribution < 1.29 is 4.79 Å². The van der Waals surface area contributed by atoms with Gasteiger partial charge in [-0.1, -0.05) is 24.3 Å². The van der Waals surface area contributed by atoms with E-state index in [-0.39, 0.29) is 5.78 Å². The molecule has 1 fully saturated rings. The van der Waals surface area contributed by atoms with E-state index in [0.29, 0.717) is 17.7 Å². The third-order valence-electron chi connectivity index (χ3n) is 4.60. The molecule has 4 nitrogen and oxygen atoms in total. The van der Waals surface area contributed by atoms with Gasteiger partial charge in [-0.2, -0.15) is 0 Å². The van der Waals surface area contributed by atoms with Gasteiger partial charge in [0.15, 0.2) is 5.78 Å². The molecule has 1 saturated heterocycles. The zero-order valence-corrected chi connectivity index (χ0v) is 14.2. The first-order valence-corrected chi connectivity index (χ1v) is 8.54. The lowest BCUT2D eigenvalue weighted by Gasteiger charge is -2.36. The molecule has 126 valence electrons. The molecule has 0 bridgehead atoms. The van der Waals surface area contributed by atoms with Crippen LogP contribution in [-0.2, 0) is 0 Å². The van der Waals surface area contributed by atoms with Crippen molar-refractivity contribution in [3.05, 3.63) is 59.7 Å². The van der Waals surface area contributed by atoms with Crippen molar-refractivity contribution in [2.75, 3.05) is 43.4 Å². The van der Waals surface area contributed by atoms with Gasteiger partial charge < -0.3 is 10.6 Å². The fourth-order valence-corrected chi connectivity index (χ4v) is 3.17. The Bertz CT molecular complexity index is 706. The zero-order valence-electron chi connectivity index (χ0n) is 14.2. The van der Waals surface area contributed by atoms with Crippen LogP contribution >= 0.6 is 0 Å². The van der Waals surface area contributed by atoms with E-state index < -0.39 is 0 Å². The zero-order chi connectivity index (χ0) is 16.9. The van der Waals surface area contributed by atoms with Crippen LogP contribution in [0.2, 0.25) is 0 Å². The van der Waals surface area contributed by atoms with Gasteiger partial charge in [-0.15, -0.1) is 0 Å². The molecule has 24 heavy (non-hydrogen) atoms. The third-order valence-corrected chi connectivity index (χ3v) is 4.60. The summed E-state index contributed by atoms with van der Waals surface area (Å²) in [6.07, 6.45) is 0.550. The van der Waals surface area contributed by atoms with Crippen molar-refractivity contribution in [1.82, 2.24) is 4.90 Å². The van der Waals surface area contributed by atoms with Crippen molar-refractivity contribution >= 4 is 17.2 Å². The Morgan fingerprint density at radius 3 is 2.50 bits per heavy atom. The molecule has 1 aliphatic rings. The number of aryl methyl sites for hydroxylation is 1. The van der Waals surface area contributed by atoms with E-state index in [1.807, 2.05) is 12.1 Å². The highest BCUT2D eigenvalue weighted by atomic mass is 16.1. The van der Waals surface area contributed by atoms with E-state index >= 15 is 0 Å². The number of rotatable bonds is 5. The van der Waals surface area contributed by atoms with Gasteiger partial charge in [0, 0.05) is 56.1 Å². The van der Waals surface area contributed by atoms with Crippen LogP contribution in [0.5, 0.6) is 0 Å². The average molecular weight is 323 g/mol. The van der Waals surface area contributed by atoms with E-state index in [2.05, 4.69) is 41.0 Å². The molecule has 0 unspecified atom stereocenters. The summed E-state index contributed by atoms with van der Waals surface area (Å²) >= 11 is 0. The van der Waals surface area contributed by atoms with Crippen LogP contribution in [0.3, 0.4) is 0 Å². The van der Waals surface area contributed by atoms with Crippen molar-refractivity contribution in [2.24, 2.45) is 0 Å². The van der Waals surface area contributed by atoms with Gasteiger partial charge in [0.1, 0.15) is 0 Å². The molecule has 3 rings (SSSR count). The maximum absolute atomic E-state index is 12.3. The predicted octanol–water partition coefficient (Wildman–Crippen LogP) is 2.97. The molecule has 0 radical (unpaired) electrons. The van der Waals surface area contributed by atoms with Crippen LogP contribution in [0.25, 0.3) is 0 Å². The number of hydrogen-bond acceptors (Lipinski definition) is 4. The van der Waals surface area contributed by atoms with Gasteiger partial charge in [0.25, 0.3) is 0 Å². The van der Waals surface area contributed by atoms with Gasteiger partial charge in [0.05, 0.1) is 0 Å². The number of nitrogen functional groups attached to an aromatic ring is 1. The lowest BCUT2D eigenvalue weighted by Crippen LogP contribution is -2.46. The number of Topliss-reactive ketones (excluding diaryl/α,β-unsaturated/α-hetero) is 1. The summed E-state index contributed by atoms with van der Waals surface area (Å²) in [6.45, 7) is 6.96. The molecule has 2 aromatic carbocycles. The lowest BCUT2D eigenvalue weighted by molar-refractivity contribution is 0.0962. The highest BCUT2D eigenvalue weighted by Gasteiger charge is 2.18. The first-order valence-electron chi connectivity index (χ1n) is 8.54. The van der Waals surface area contributed by atoms with Gasteiger partial charge in [-0.05, 0) is 36.8 Å². The number of carbonyl (C=O) groups is 1. The van der Waals surface area contributed by atoms with Crippen molar-refractivity contribution in [3.8, 4) is 0 Å². The molecule has 1 heterocycles. The van der Waals surface area contributed by atoms with Gasteiger partial charge in [0.2, 0.25) is 0 Å². The molecule has 0 atom stereocenters. The van der Waals surface area contributed by atoms with Crippen molar-refractivity contribution in [1.29, 1.82) is 0 Å². The minimum atomic E-state index is 0.170. The molecule has 4 heteroatoms. The molecule has 2 N–H and O–H groups in total. The molecular formula is C20H25N3O. The van der Waals surface area contributed by atoms with Gasteiger partial charge in [-0.25, -0.2) is 0 Å². The lowest BCUT2D eigenvalue weighted by atomic mass is 10.1. The minimum Gasteiger partial charge on any atom is -0.399 e. The van der Waals surface area contributed by atoms with Crippen LogP contribution in [0.4, 0.5) is 11.4 Å². The summed E-state index contributed by atoms with van der Waals surface area (Å²) in [5.41, 5.74) is 9.70. The average Bonchev–Trinajstić information content (AvgIpc) is 2.60. The van der Waals surface area contributed by atoms with E-state index in [9.17, 15) is 4.79 Å². The van der Waals surface area contributed by atoms with Crippen molar-refractivity contribution in [2.45, 2.75) is 13.3 Å². The highest BCUT2D eigenvalue weighted by Crippen LogP contribution is 2.18. The first-order chi connectivity index (χ1) is 11.6. The summed E-state index contributed by atoms with van der Waals surface area (Å²) < 4.78 is 0. The number of ketones is 1. The van der Waals surface area contributed by atoms with Crippen LogP contribution in [0.1, 0.15) is 22.3 Å². The summed E-state index contributed by atoms with van der Waals surface area (Å²) in [4.78, 5) is 17.1. The predicted molar refractivity (Wildman–Crippen MR) is 99.6 cm³/mol. The fourth-order valence-electron chi connectivity index (χ4n) is 3.17. The Kier molecular flexibility index (Phi) is 5.16. The number of hydrogen-bond donors (Lipinski definition) is 1. The van der Waals surface area contributed by atoms with Crippen LogP contribution < -0.4 is 10.6 Å². The third kappa shape index (κ3) is 4.15. The molecule has 0 saturated carbocycles. The Labute approximate surface area is 143 Å². The normalized spacial score (nSPS) is 15.5. The Balaban J connectivity index is 1.48. The van der Waals surface area contributed by atoms with Crippen molar-refractivity contribution in [3.63, 3.8) is 0 Å².